The first kappa shape index (κ1) is 14.1. The van der Waals surface area contributed by atoms with E-state index >= 15 is 0 Å². The predicted molar refractivity (Wildman–Crippen MR) is 85.0 cm³/mol. The van der Waals surface area contributed by atoms with Gasteiger partial charge in [0.15, 0.2) is 0 Å². The molecule has 0 unspecified atom stereocenters. The molecule has 0 spiro atoms. The Balaban J connectivity index is 2.00. The number of piperidine rings is 1. The number of likely N-dealkylation sites (tertiary alicyclic amines) is 1. The van der Waals surface area contributed by atoms with Crippen LogP contribution in [0, 0.1) is 5.82 Å². The van der Waals surface area contributed by atoms with Crippen LogP contribution in [0.1, 0.15) is 12.8 Å². The highest BCUT2D eigenvalue weighted by molar-refractivity contribution is 5.99. The molecule has 3 rings (SSSR count). The maximum atomic E-state index is 13.7. The lowest BCUT2D eigenvalue weighted by Crippen LogP contribution is -2.42. The van der Waals surface area contributed by atoms with Crippen LogP contribution >= 0.6 is 0 Å². The average molecular weight is 288 g/mol. The van der Waals surface area contributed by atoms with Crippen LogP contribution in [0.3, 0.4) is 0 Å². The molecule has 0 amide bonds. The van der Waals surface area contributed by atoms with E-state index in [0.717, 1.165) is 42.5 Å². The minimum atomic E-state index is -0.314. The van der Waals surface area contributed by atoms with E-state index in [4.69, 9.17) is 5.73 Å². The normalized spacial score (nSPS) is 17.3. The lowest BCUT2D eigenvalue weighted by molar-refractivity contribution is 0.252. The van der Waals surface area contributed by atoms with Crippen LogP contribution in [-0.2, 0) is 0 Å². The predicted octanol–water partition coefficient (Wildman–Crippen LogP) is 2.49. The van der Waals surface area contributed by atoms with E-state index in [1.165, 1.54) is 12.1 Å². The van der Waals surface area contributed by atoms with E-state index in [-0.39, 0.29) is 5.82 Å². The Morgan fingerprint density at radius 3 is 2.71 bits per heavy atom. The fourth-order valence-electron chi connectivity index (χ4n) is 3.10. The van der Waals surface area contributed by atoms with Gasteiger partial charge in [0.2, 0.25) is 0 Å². The van der Waals surface area contributed by atoms with E-state index in [1.807, 2.05) is 13.1 Å². The first-order chi connectivity index (χ1) is 10.1. The van der Waals surface area contributed by atoms with Gasteiger partial charge in [-0.25, -0.2) is 9.37 Å². The second kappa shape index (κ2) is 5.48. The summed E-state index contributed by atoms with van der Waals surface area (Å²) in [5, 5.41) is 1.65. The van der Waals surface area contributed by atoms with Crippen molar-refractivity contribution in [2.45, 2.75) is 18.9 Å². The standard InChI is InChI=1S/C16H21FN4/c1-20-7-4-12(5-8-20)21(2)16-14-9-11(17)10-15(18)13(14)3-6-19-16/h3,6,9-10,12H,4-5,7-8,18H2,1-2H3. The van der Waals surface area contributed by atoms with Gasteiger partial charge in [0.1, 0.15) is 11.6 Å². The van der Waals surface area contributed by atoms with Gasteiger partial charge in [0.05, 0.1) is 0 Å². The molecule has 1 aliphatic heterocycles. The summed E-state index contributed by atoms with van der Waals surface area (Å²) >= 11 is 0. The molecule has 4 nitrogen and oxygen atoms in total. The van der Waals surface area contributed by atoms with E-state index in [9.17, 15) is 4.39 Å². The Morgan fingerprint density at radius 2 is 2.00 bits per heavy atom. The maximum absolute atomic E-state index is 13.7. The van der Waals surface area contributed by atoms with Crippen molar-refractivity contribution in [3.05, 3.63) is 30.2 Å². The van der Waals surface area contributed by atoms with Crippen molar-refractivity contribution >= 4 is 22.3 Å². The van der Waals surface area contributed by atoms with Crippen molar-refractivity contribution in [3.8, 4) is 0 Å². The third-order valence-electron chi connectivity index (χ3n) is 4.43. The molecule has 0 saturated carbocycles. The van der Waals surface area contributed by atoms with Crippen LogP contribution in [0.5, 0.6) is 0 Å². The number of halogens is 1. The van der Waals surface area contributed by atoms with Crippen molar-refractivity contribution in [3.63, 3.8) is 0 Å². The molecule has 2 N–H and O–H groups in total. The second-order valence-electron chi connectivity index (χ2n) is 5.87. The highest BCUT2D eigenvalue weighted by atomic mass is 19.1. The van der Waals surface area contributed by atoms with E-state index < -0.39 is 0 Å². The summed E-state index contributed by atoms with van der Waals surface area (Å²) in [7, 11) is 4.18. The fraction of sp³-hybridized carbons (Fsp3) is 0.438. The number of hydrogen-bond acceptors (Lipinski definition) is 4. The molecule has 0 radical (unpaired) electrons. The van der Waals surface area contributed by atoms with Gasteiger partial charge in [0, 0.05) is 35.7 Å². The van der Waals surface area contributed by atoms with Gasteiger partial charge in [0.25, 0.3) is 0 Å². The summed E-state index contributed by atoms with van der Waals surface area (Å²) in [5.74, 6) is 0.499. The summed E-state index contributed by atoms with van der Waals surface area (Å²) < 4.78 is 13.7. The van der Waals surface area contributed by atoms with E-state index in [2.05, 4.69) is 21.8 Å². The molecule has 112 valence electrons. The van der Waals surface area contributed by atoms with Crippen molar-refractivity contribution in [1.29, 1.82) is 0 Å². The Morgan fingerprint density at radius 1 is 1.29 bits per heavy atom. The number of nitrogens with zero attached hydrogens (tertiary/aromatic N) is 3. The van der Waals surface area contributed by atoms with Crippen LogP contribution in [-0.4, -0.2) is 43.1 Å². The van der Waals surface area contributed by atoms with Crippen LogP contribution in [0.2, 0.25) is 0 Å². The third-order valence-corrected chi connectivity index (χ3v) is 4.43. The summed E-state index contributed by atoms with van der Waals surface area (Å²) in [6.07, 6.45) is 3.93. The Kier molecular flexibility index (Phi) is 3.68. The minimum Gasteiger partial charge on any atom is -0.398 e. The topological polar surface area (TPSA) is 45.4 Å². The molecule has 0 atom stereocenters. The zero-order valence-corrected chi connectivity index (χ0v) is 12.5. The van der Waals surface area contributed by atoms with Crippen molar-refractivity contribution in [2.75, 3.05) is 37.8 Å². The van der Waals surface area contributed by atoms with Gasteiger partial charge >= 0.3 is 0 Å². The first-order valence-corrected chi connectivity index (χ1v) is 7.31. The highest BCUT2D eigenvalue weighted by Gasteiger charge is 2.23. The molecule has 1 aliphatic rings. The number of rotatable bonds is 2. The zero-order valence-electron chi connectivity index (χ0n) is 12.5. The van der Waals surface area contributed by atoms with E-state index in [0.29, 0.717) is 11.7 Å². The molecule has 2 aromatic rings. The molecule has 21 heavy (non-hydrogen) atoms. The van der Waals surface area contributed by atoms with Gasteiger partial charge in [-0.2, -0.15) is 0 Å². The van der Waals surface area contributed by atoms with Crippen molar-refractivity contribution in [2.24, 2.45) is 0 Å². The Hall–Kier alpha value is -1.88. The first-order valence-electron chi connectivity index (χ1n) is 7.31. The smallest absolute Gasteiger partial charge is 0.136 e. The van der Waals surface area contributed by atoms with Crippen LogP contribution in [0.4, 0.5) is 15.9 Å². The fourth-order valence-corrected chi connectivity index (χ4v) is 3.10. The monoisotopic (exact) mass is 288 g/mol. The van der Waals surface area contributed by atoms with E-state index in [1.54, 1.807) is 6.20 Å². The molecule has 1 fully saturated rings. The number of anilines is 2. The number of pyridine rings is 1. The molecular formula is C16H21FN4. The van der Waals surface area contributed by atoms with Crippen molar-refractivity contribution < 1.29 is 4.39 Å². The van der Waals surface area contributed by atoms with Gasteiger partial charge in [-0.3, -0.25) is 0 Å². The number of aromatic nitrogens is 1. The van der Waals surface area contributed by atoms with Gasteiger partial charge in [-0.05, 0) is 51.2 Å². The molecular weight excluding hydrogens is 267 g/mol. The van der Waals surface area contributed by atoms with Gasteiger partial charge in [-0.1, -0.05) is 0 Å². The SMILES string of the molecule is CN1CCC(N(C)c2nccc3c(N)cc(F)cc23)CC1. The van der Waals surface area contributed by atoms with Crippen LogP contribution < -0.4 is 10.6 Å². The van der Waals surface area contributed by atoms with Crippen LogP contribution in [0.25, 0.3) is 10.8 Å². The molecule has 0 bridgehead atoms. The molecule has 5 heteroatoms. The molecule has 1 aromatic carbocycles. The molecule has 1 aromatic heterocycles. The highest BCUT2D eigenvalue weighted by Crippen LogP contribution is 2.31. The van der Waals surface area contributed by atoms with Crippen LogP contribution in [0.15, 0.2) is 24.4 Å². The summed E-state index contributed by atoms with van der Waals surface area (Å²) in [4.78, 5) is 8.98. The molecule has 0 aliphatic carbocycles. The maximum Gasteiger partial charge on any atom is 0.136 e. The third kappa shape index (κ3) is 2.65. The number of fused-ring (bicyclic) bond motifs is 1. The molecule has 2 heterocycles. The number of hydrogen-bond donors (Lipinski definition) is 1. The lowest BCUT2D eigenvalue weighted by atomic mass is 10.0. The zero-order chi connectivity index (χ0) is 15.0. The second-order valence-corrected chi connectivity index (χ2v) is 5.87. The number of nitrogens with two attached hydrogens (primary N) is 1. The number of benzene rings is 1. The Bertz CT molecular complexity index is 650. The summed E-state index contributed by atoms with van der Waals surface area (Å²) in [5.41, 5.74) is 6.39. The quantitative estimate of drug-likeness (QED) is 0.862. The summed E-state index contributed by atoms with van der Waals surface area (Å²) in [6, 6.07) is 5.17. The Labute approximate surface area is 124 Å². The largest absolute Gasteiger partial charge is 0.398 e. The minimum absolute atomic E-state index is 0.314. The van der Waals surface area contributed by atoms with Crippen molar-refractivity contribution in [1.82, 2.24) is 9.88 Å². The molecule has 1 saturated heterocycles. The number of nitrogen functional groups attached to an aromatic ring is 1. The lowest BCUT2D eigenvalue weighted by Gasteiger charge is -2.36. The summed E-state index contributed by atoms with van der Waals surface area (Å²) in [6.45, 7) is 2.16. The van der Waals surface area contributed by atoms with Gasteiger partial charge < -0.3 is 15.5 Å². The average Bonchev–Trinajstić information content (AvgIpc) is 2.46. The van der Waals surface area contributed by atoms with Gasteiger partial charge in [-0.15, -0.1) is 0 Å².